The van der Waals surface area contributed by atoms with E-state index < -0.39 is 0 Å². The molecule has 2 aliphatic rings. The van der Waals surface area contributed by atoms with Crippen LogP contribution >= 0.6 is 11.8 Å². The molecule has 1 saturated heterocycles. The number of ether oxygens (including phenoxy) is 1. The molecular formula is C27H24N4O4S. The van der Waals surface area contributed by atoms with Crippen molar-refractivity contribution in [1.29, 1.82) is 0 Å². The number of carbonyl (C=O) groups is 1. The van der Waals surface area contributed by atoms with E-state index in [4.69, 9.17) is 4.74 Å². The molecule has 0 bridgehead atoms. The molecule has 3 aromatic carbocycles. The first-order chi connectivity index (χ1) is 17.6. The number of nitro groups is 1. The number of para-hydroxylation sites is 2. The van der Waals surface area contributed by atoms with Gasteiger partial charge in [0.1, 0.15) is 18.0 Å². The molecule has 0 aromatic heterocycles. The molecule has 0 spiro atoms. The van der Waals surface area contributed by atoms with Crippen molar-refractivity contribution in [2.24, 2.45) is 4.99 Å². The molecule has 3 aromatic rings. The minimum atomic E-state index is -0.351. The number of benzene rings is 3. The Bertz CT molecular complexity index is 1320. The number of aliphatic imine (C=N–C) groups is 1. The fourth-order valence-electron chi connectivity index (χ4n) is 4.11. The predicted molar refractivity (Wildman–Crippen MR) is 142 cm³/mol. The third kappa shape index (κ3) is 5.41. The molecule has 0 radical (unpaired) electrons. The van der Waals surface area contributed by atoms with E-state index in [1.54, 1.807) is 12.1 Å². The fourth-order valence-corrected chi connectivity index (χ4v) is 5.08. The lowest BCUT2D eigenvalue weighted by molar-refractivity contribution is -0.384. The van der Waals surface area contributed by atoms with Crippen LogP contribution in [0, 0.1) is 10.1 Å². The summed E-state index contributed by atoms with van der Waals surface area (Å²) in [5, 5.41) is 12.0. The molecule has 2 heterocycles. The van der Waals surface area contributed by atoms with Gasteiger partial charge in [-0.3, -0.25) is 14.9 Å². The van der Waals surface area contributed by atoms with Gasteiger partial charge in [0.15, 0.2) is 5.17 Å². The second-order valence-corrected chi connectivity index (χ2v) is 9.38. The Morgan fingerprint density at radius 3 is 2.31 bits per heavy atom. The zero-order valence-corrected chi connectivity index (χ0v) is 20.3. The van der Waals surface area contributed by atoms with Crippen molar-refractivity contribution in [3.8, 4) is 5.75 Å². The Morgan fingerprint density at radius 1 is 0.917 bits per heavy atom. The van der Waals surface area contributed by atoms with E-state index in [-0.39, 0.29) is 16.5 Å². The van der Waals surface area contributed by atoms with Gasteiger partial charge in [-0.25, -0.2) is 0 Å². The van der Waals surface area contributed by atoms with Crippen molar-refractivity contribution in [2.45, 2.75) is 6.61 Å². The maximum Gasteiger partial charge on any atom is 0.292 e. The number of rotatable bonds is 6. The quantitative estimate of drug-likeness (QED) is 0.268. The molecule has 0 aliphatic carbocycles. The number of piperazine rings is 1. The summed E-state index contributed by atoms with van der Waals surface area (Å²) < 4.78 is 5.83. The van der Waals surface area contributed by atoms with Gasteiger partial charge in [0.25, 0.3) is 11.6 Å². The number of anilines is 1. The van der Waals surface area contributed by atoms with Gasteiger partial charge in [-0.2, -0.15) is 4.99 Å². The second-order valence-electron chi connectivity index (χ2n) is 8.37. The molecule has 182 valence electrons. The molecular weight excluding hydrogens is 476 g/mol. The summed E-state index contributed by atoms with van der Waals surface area (Å²) in [5.41, 5.74) is 2.73. The van der Waals surface area contributed by atoms with E-state index in [1.807, 2.05) is 71.6 Å². The highest BCUT2D eigenvalue weighted by atomic mass is 32.2. The average molecular weight is 501 g/mol. The van der Waals surface area contributed by atoms with Gasteiger partial charge in [-0.1, -0.05) is 54.6 Å². The maximum absolute atomic E-state index is 12.6. The van der Waals surface area contributed by atoms with Gasteiger partial charge < -0.3 is 14.5 Å². The van der Waals surface area contributed by atoms with Crippen molar-refractivity contribution >= 4 is 40.3 Å². The summed E-state index contributed by atoms with van der Waals surface area (Å²) in [6, 6.07) is 24.4. The number of amides is 1. The lowest BCUT2D eigenvalue weighted by Crippen LogP contribution is -2.48. The summed E-state index contributed by atoms with van der Waals surface area (Å²) in [6.07, 6.45) is 1.84. The third-order valence-corrected chi connectivity index (χ3v) is 7.05. The zero-order valence-electron chi connectivity index (χ0n) is 19.4. The van der Waals surface area contributed by atoms with E-state index >= 15 is 0 Å². The first-order valence-electron chi connectivity index (χ1n) is 11.6. The maximum atomic E-state index is 12.6. The van der Waals surface area contributed by atoms with Gasteiger partial charge in [-0.15, -0.1) is 0 Å². The normalized spacial score (nSPS) is 16.8. The van der Waals surface area contributed by atoms with Crippen molar-refractivity contribution in [3.05, 3.63) is 105 Å². The molecule has 0 N–H and O–H groups in total. The topological polar surface area (TPSA) is 88.3 Å². The largest absolute Gasteiger partial charge is 0.489 e. The van der Waals surface area contributed by atoms with Crippen molar-refractivity contribution < 1.29 is 14.5 Å². The molecule has 2 aliphatic heterocycles. The highest BCUT2D eigenvalue weighted by Gasteiger charge is 2.30. The van der Waals surface area contributed by atoms with Crippen LogP contribution in [0.15, 0.2) is 88.8 Å². The Kier molecular flexibility index (Phi) is 6.99. The van der Waals surface area contributed by atoms with Crippen molar-refractivity contribution in [2.75, 3.05) is 31.1 Å². The van der Waals surface area contributed by atoms with Crippen molar-refractivity contribution in [3.63, 3.8) is 0 Å². The SMILES string of the molecule is O=C1N=C(N2CCN(c3ccccc3[N+](=O)[O-])CC2)SC1=Cc1ccc(OCc2ccccc2)cc1. The molecule has 0 atom stereocenters. The Morgan fingerprint density at radius 2 is 1.58 bits per heavy atom. The standard InChI is InChI=1S/C27H24N4O4S/c32-26-25(18-20-10-12-22(13-11-20)35-19-21-6-2-1-3-7-21)36-27(28-26)30-16-14-29(15-17-30)23-8-4-5-9-24(23)31(33)34/h1-13,18H,14-17,19H2. The summed E-state index contributed by atoms with van der Waals surface area (Å²) in [6.45, 7) is 2.99. The van der Waals surface area contributed by atoms with Gasteiger partial charge in [0, 0.05) is 32.2 Å². The van der Waals surface area contributed by atoms with Crippen LogP contribution in [-0.4, -0.2) is 47.1 Å². The Labute approximate surface area is 213 Å². The van der Waals surface area contributed by atoms with E-state index in [1.165, 1.54) is 17.8 Å². The Balaban J connectivity index is 1.17. The molecule has 0 unspecified atom stereocenters. The lowest BCUT2D eigenvalue weighted by atomic mass is 10.2. The van der Waals surface area contributed by atoms with Gasteiger partial charge in [0.05, 0.1) is 9.83 Å². The summed E-state index contributed by atoms with van der Waals surface area (Å²) in [5.74, 6) is 0.514. The molecule has 0 saturated carbocycles. The molecule has 36 heavy (non-hydrogen) atoms. The van der Waals surface area contributed by atoms with Gasteiger partial charge in [-0.05, 0) is 47.2 Å². The summed E-state index contributed by atoms with van der Waals surface area (Å²) in [7, 11) is 0. The van der Waals surface area contributed by atoms with Crippen LogP contribution in [0.4, 0.5) is 11.4 Å². The molecule has 1 fully saturated rings. The van der Waals surface area contributed by atoms with E-state index in [0.717, 1.165) is 16.9 Å². The third-order valence-electron chi connectivity index (χ3n) is 6.00. The first kappa shape index (κ1) is 23.6. The van der Waals surface area contributed by atoms with Gasteiger partial charge in [0.2, 0.25) is 0 Å². The zero-order chi connectivity index (χ0) is 24.9. The van der Waals surface area contributed by atoms with Crippen molar-refractivity contribution in [1.82, 2.24) is 4.90 Å². The number of hydrogen-bond donors (Lipinski definition) is 0. The lowest BCUT2D eigenvalue weighted by Gasteiger charge is -2.36. The molecule has 9 heteroatoms. The first-order valence-corrected chi connectivity index (χ1v) is 12.4. The monoisotopic (exact) mass is 500 g/mol. The van der Waals surface area contributed by atoms with Crippen LogP contribution in [-0.2, 0) is 11.4 Å². The molecule has 1 amide bonds. The number of nitro benzene ring substituents is 1. The van der Waals surface area contributed by atoms with Crippen LogP contribution in [0.1, 0.15) is 11.1 Å². The van der Waals surface area contributed by atoms with E-state index in [9.17, 15) is 14.9 Å². The molecule has 8 nitrogen and oxygen atoms in total. The predicted octanol–water partition coefficient (Wildman–Crippen LogP) is 4.97. The number of thioether (sulfide) groups is 1. The van der Waals surface area contributed by atoms with Gasteiger partial charge >= 0.3 is 0 Å². The van der Waals surface area contributed by atoms with E-state index in [2.05, 4.69) is 9.89 Å². The number of carbonyl (C=O) groups excluding carboxylic acids is 1. The van der Waals surface area contributed by atoms with Crippen LogP contribution in [0.2, 0.25) is 0 Å². The minimum absolute atomic E-state index is 0.107. The fraction of sp³-hybridized carbons (Fsp3) is 0.185. The second kappa shape index (κ2) is 10.7. The highest BCUT2D eigenvalue weighted by Crippen LogP contribution is 2.33. The summed E-state index contributed by atoms with van der Waals surface area (Å²) >= 11 is 1.37. The van der Waals surface area contributed by atoms with Crippen LogP contribution in [0.25, 0.3) is 6.08 Å². The summed E-state index contributed by atoms with van der Waals surface area (Å²) in [4.78, 5) is 32.5. The minimum Gasteiger partial charge on any atom is -0.489 e. The highest BCUT2D eigenvalue weighted by molar-refractivity contribution is 8.18. The van der Waals surface area contributed by atoms with Crippen LogP contribution in [0.3, 0.4) is 0 Å². The number of nitrogens with zero attached hydrogens (tertiary/aromatic N) is 4. The average Bonchev–Trinajstić information content (AvgIpc) is 3.28. The Hall–Kier alpha value is -4.11. The smallest absolute Gasteiger partial charge is 0.292 e. The molecule has 5 rings (SSSR count). The van der Waals surface area contributed by atoms with E-state index in [0.29, 0.717) is 48.5 Å². The number of amidine groups is 1. The van der Waals surface area contributed by atoms with Crippen LogP contribution in [0.5, 0.6) is 5.75 Å². The van der Waals surface area contributed by atoms with Crippen LogP contribution < -0.4 is 9.64 Å². The number of hydrogen-bond acceptors (Lipinski definition) is 7.